The molecular weight excluding hydrogens is 958 g/mol. The zero-order valence-electron chi connectivity index (χ0n) is 40.3. The maximum absolute atomic E-state index is 12.5. The van der Waals surface area contributed by atoms with Crippen molar-refractivity contribution < 1.29 is 33.5 Å². The zero-order valence-corrected chi connectivity index (χ0v) is 41.8. The minimum atomic E-state index is -0.552. The largest absolute Gasteiger partial charge is 0.381 e. The van der Waals surface area contributed by atoms with Gasteiger partial charge in [-0.15, -0.1) is 48.7 Å². The number of H-pyrrole nitrogens is 2. The van der Waals surface area contributed by atoms with Gasteiger partial charge in [-0.1, -0.05) is 74.5 Å². The number of imide groups is 1. The van der Waals surface area contributed by atoms with Crippen LogP contribution in [0, 0.1) is 23.7 Å². The smallest absolute Gasteiger partial charge is 0.338 e. The molecule has 20 nitrogen and oxygen atoms in total. The van der Waals surface area contributed by atoms with E-state index >= 15 is 0 Å². The number of aromatic nitrogens is 6. The molecule has 5 fully saturated rings. The minimum absolute atomic E-state index is 0.0816. The number of carbonyl (C=O) groups is 4. The Hall–Kier alpha value is -5.48. The molecule has 5 saturated heterocycles. The molecule has 0 radical (unpaired) electrons. The number of carbonyl (C=O) groups excluding carboxylic acids is 4. The lowest BCUT2D eigenvalue weighted by atomic mass is 9.97. The van der Waals surface area contributed by atoms with Crippen molar-refractivity contribution in [3.63, 3.8) is 0 Å². The van der Waals surface area contributed by atoms with Gasteiger partial charge in [-0.25, -0.2) is 4.79 Å². The minimum Gasteiger partial charge on any atom is -0.381 e. The lowest BCUT2D eigenvalue weighted by Crippen LogP contribution is -2.37. The zero-order chi connectivity index (χ0) is 50.7. The number of likely N-dealkylation sites (tertiary alicyclic amines) is 2. The first-order valence-corrected chi connectivity index (χ1v) is 25.2. The molecule has 0 saturated carbocycles. The molecule has 5 N–H and O–H groups in total. The van der Waals surface area contributed by atoms with Crippen molar-refractivity contribution in [2.24, 2.45) is 29.4 Å². The molecule has 9 rings (SSSR count). The summed E-state index contributed by atoms with van der Waals surface area (Å²) in [6, 6.07) is 20.8. The molecule has 5 aliphatic heterocycles. The van der Waals surface area contributed by atoms with Crippen molar-refractivity contribution in [2.75, 3.05) is 57.9 Å². The van der Waals surface area contributed by atoms with Gasteiger partial charge in [0, 0.05) is 83.7 Å². The fourth-order valence-corrected chi connectivity index (χ4v) is 9.13. The third kappa shape index (κ3) is 16.3. The van der Waals surface area contributed by atoms with Crippen LogP contribution in [0.3, 0.4) is 0 Å². The number of halogens is 2. The van der Waals surface area contributed by atoms with Gasteiger partial charge in [0.15, 0.2) is 0 Å². The number of hydroxylamine groups is 2. The van der Waals surface area contributed by atoms with Crippen molar-refractivity contribution >= 4 is 46.9 Å². The van der Waals surface area contributed by atoms with Gasteiger partial charge in [0.2, 0.25) is 5.91 Å². The van der Waals surface area contributed by atoms with Crippen LogP contribution in [0.5, 0.6) is 0 Å². The van der Waals surface area contributed by atoms with Gasteiger partial charge in [-0.3, -0.25) is 33.8 Å². The molecule has 3 amide bonds. The molecule has 0 bridgehead atoms. The van der Waals surface area contributed by atoms with Gasteiger partial charge in [-0.05, 0) is 48.6 Å². The standard InChI is InChI=1S/C22H29N5O3.C16H21N5O.C10H13NO5.CH2Cl2/c1-15-11-27(12-16-6-3-2-4-7-16)13-18(15)20-24-22(29)19(25-26-20)10-23-21(28)17-8-5-9-30-14-17;1-11-8-21(9-12-5-3-2-4-6-12)10-13(11)15-18-16(22)14(7-17)19-20-15;12-8-3-4-9(13)11(8)16-10(14)7-2-1-5-15-6-7;2-1-3/h2-4,6-7,15,17-18H,5,8-14H2,1H3,(H,23,28)(H,24,26,29);2-6,11,13H,7-10,17H2,1H3,(H,18,20,22);7H,1-6H2;1H2. The van der Waals surface area contributed by atoms with Gasteiger partial charge >= 0.3 is 5.97 Å². The third-order valence-electron chi connectivity index (χ3n) is 13.0. The van der Waals surface area contributed by atoms with E-state index in [0.29, 0.717) is 61.4 Å². The van der Waals surface area contributed by atoms with Crippen molar-refractivity contribution in [1.29, 1.82) is 0 Å². The second-order valence-corrected chi connectivity index (χ2v) is 19.2. The first kappa shape index (κ1) is 54.8. The summed E-state index contributed by atoms with van der Waals surface area (Å²) >= 11 is 9.53. The molecular formula is C49H65Cl2N11O9. The van der Waals surface area contributed by atoms with E-state index in [2.05, 4.69) is 95.7 Å². The second kappa shape index (κ2) is 27.9. The lowest BCUT2D eigenvalue weighted by molar-refractivity contribution is -0.202. The van der Waals surface area contributed by atoms with E-state index in [1.54, 1.807) is 0 Å². The fraction of sp³-hybridized carbons (Fsp3) is 0.551. The van der Waals surface area contributed by atoms with E-state index in [0.717, 1.165) is 58.5 Å². The summed E-state index contributed by atoms with van der Waals surface area (Å²) in [5.41, 5.74) is 8.05. The van der Waals surface area contributed by atoms with Crippen LogP contribution in [0.15, 0.2) is 70.3 Å². The van der Waals surface area contributed by atoms with E-state index < -0.39 is 17.8 Å². The first-order chi connectivity index (χ1) is 34.4. The predicted molar refractivity (Wildman–Crippen MR) is 263 cm³/mol. The number of nitrogens with one attached hydrogen (secondary N) is 3. The Balaban J connectivity index is 0.000000177. The third-order valence-corrected chi connectivity index (χ3v) is 13.0. The van der Waals surface area contributed by atoms with Gasteiger partial charge in [0.25, 0.3) is 22.9 Å². The van der Waals surface area contributed by atoms with Crippen LogP contribution in [0.1, 0.15) is 98.4 Å². The highest BCUT2D eigenvalue weighted by atomic mass is 35.5. The summed E-state index contributed by atoms with van der Waals surface area (Å²) in [6.45, 7) is 12.1. The number of ether oxygens (including phenoxy) is 2. The average molecular weight is 1020 g/mol. The highest BCUT2D eigenvalue weighted by Crippen LogP contribution is 2.32. The SMILES string of the molecule is CC1CN(Cc2ccccc2)CC1c1nnc(CN)c(=O)[nH]1.CC1CN(Cc2ccccc2)CC1c1nnc(CNC(=O)C2CCCOC2)c(=O)[nH]1.ClCCl.O=C(ON1C(=O)CCC1=O)C1CCCOC1. The van der Waals surface area contributed by atoms with Crippen LogP contribution in [-0.4, -0.2) is 127 Å². The number of nitrogens with zero attached hydrogens (tertiary/aromatic N) is 7. The average Bonchev–Trinajstić information content (AvgIpc) is 4.05. The number of hydrogen-bond donors (Lipinski definition) is 4. The Kier molecular flexibility index (Phi) is 21.6. The highest BCUT2D eigenvalue weighted by molar-refractivity contribution is 6.40. The lowest BCUT2D eigenvalue weighted by Gasteiger charge is -2.22. The van der Waals surface area contributed by atoms with E-state index in [9.17, 15) is 28.8 Å². The normalized spacial score (nSPS) is 23.4. The predicted octanol–water partition coefficient (Wildman–Crippen LogP) is 3.74. The molecule has 2 aromatic heterocycles. The molecule has 71 heavy (non-hydrogen) atoms. The fourth-order valence-electron chi connectivity index (χ4n) is 9.13. The summed E-state index contributed by atoms with van der Waals surface area (Å²) in [6.07, 6.45) is 3.40. The van der Waals surface area contributed by atoms with Crippen molar-refractivity contribution in [1.82, 2.24) is 50.5 Å². The summed E-state index contributed by atoms with van der Waals surface area (Å²) in [4.78, 5) is 85.9. The van der Waals surface area contributed by atoms with Crippen LogP contribution in [0.2, 0.25) is 0 Å². The van der Waals surface area contributed by atoms with Crippen LogP contribution in [-0.2, 0) is 59.7 Å². The van der Waals surface area contributed by atoms with Gasteiger partial charge in [0.05, 0.1) is 36.9 Å². The molecule has 2 aromatic carbocycles. The Morgan fingerprint density at radius 1 is 0.704 bits per heavy atom. The number of hydrogen-bond acceptors (Lipinski definition) is 16. The maximum Gasteiger partial charge on any atom is 0.338 e. The molecule has 0 spiro atoms. The second-order valence-electron chi connectivity index (χ2n) is 18.3. The summed E-state index contributed by atoms with van der Waals surface area (Å²) in [7, 11) is 0. The topological polar surface area (TPSA) is 261 Å². The van der Waals surface area contributed by atoms with Gasteiger partial charge < -0.3 is 35.3 Å². The van der Waals surface area contributed by atoms with Crippen molar-refractivity contribution in [2.45, 2.75) is 90.4 Å². The molecule has 6 atom stereocenters. The summed E-state index contributed by atoms with van der Waals surface area (Å²) in [5.74, 6) is 0.369. The molecule has 5 aliphatic rings. The maximum atomic E-state index is 12.5. The van der Waals surface area contributed by atoms with E-state index in [4.69, 9.17) is 43.2 Å². The van der Waals surface area contributed by atoms with E-state index in [-0.39, 0.29) is 83.4 Å². The quantitative estimate of drug-likeness (QED) is 0.116. The molecule has 0 aliphatic carbocycles. The van der Waals surface area contributed by atoms with Crippen LogP contribution in [0.25, 0.3) is 0 Å². The molecule has 7 heterocycles. The molecule has 22 heteroatoms. The van der Waals surface area contributed by atoms with Crippen LogP contribution < -0.4 is 22.2 Å². The van der Waals surface area contributed by atoms with E-state index in [1.807, 2.05) is 24.3 Å². The van der Waals surface area contributed by atoms with Crippen molar-refractivity contribution in [3.8, 4) is 0 Å². The van der Waals surface area contributed by atoms with E-state index in [1.165, 1.54) is 11.1 Å². The molecule has 6 unspecified atom stereocenters. The first-order valence-electron chi connectivity index (χ1n) is 24.1. The van der Waals surface area contributed by atoms with Crippen molar-refractivity contribution in [3.05, 3.63) is 116 Å². The molecule has 4 aromatic rings. The monoisotopic (exact) mass is 1020 g/mol. The number of nitrogens with two attached hydrogens (primary N) is 1. The number of amides is 3. The Bertz CT molecular complexity index is 2440. The number of benzene rings is 2. The summed E-state index contributed by atoms with van der Waals surface area (Å²) in [5, 5.41) is 20.1. The molecule has 384 valence electrons. The summed E-state index contributed by atoms with van der Waals surface area (Å²) < 4.78 is 10.5. The number of alkyl halides is 2. The number of rotatable bonds is 12. The van der Waals surface area contributed by atoms with Gasteiger partial charge in [0.1, 0.15) is 23.0 Å². The van der Waals surface area contributed by atoms with Gasteiger partial charge in [-0.2, -0.15) is 0 Å². The van der Waals surface area contributed by atoms with Crippen LogP contribution >= 0.6 is 23.2 Å². The Labute approximate surface area is 422 Å². The number of aromatic amines is 2. The Morgan fingerprint density at radius 2 is 1.17 bits per heavy atom. The van der Waals surface area contributed by atoms with Crippen LogP contribution in [0.4, 0.5) is 0 Å². The highest BCUT2D eigenvalue weighted by Gasteiger charge is 2.36. The Morgan fingerprint density at radius 3 is 1.61 bits per heavy atom.